The maximum atomic E-state index is 2.37. The average molecular weight is 1360 g/mol. The molecule has 4 nitrogen and oxygen atoms in total. The molecule has 0 saturated heterocycles. The highest BCUT2D eigenvalue weighted by Crippen LogP contribution is 2.41. The first-order valence-electron chi connectivity index (χ1n) is 42.9. The van der Waals surface area contributed by atoms with E-state index in [9.17, 15) is 0 Å². The van der Waals surface area contributed by atoms with Crippen molar-refractivity contribution in [2.24, 2.45) is 35.5 Å². The summed E-state index contributed by atoms with van der Waals surface area (Å²) in [6.45, 7) is 29.4. The lowest BCUT2D eigenvalue weighted by Crippen LogP contribution is -2.46. The first-order valence-corrected chi connectivity index (χ1v) is 42.9. The van der Waals surface area contributed by atoms with Crippen molar-refractivity contribution in [3.8, 4) is 16.8 Å². The van der Waals surface area contributed by atoms with Crippen LogP contribution in [0.5, 0.6) is 0 Å². The van der Waals surface area contributed by atoms with Gasteiger partial charge in [0.1, 0.15) is 0 Å². The summed E-state index contributed by atoms with van der Waals surface area (Å²) in [4.78, 5) is 6.95. The van der Waals surface area contributed by atoms with Gasteiger partial charge >= 0.3 is 0 Å². The first-order chi connectivity index (χ1) is 49.1. The van der Waals surface area contributed by atoms with E-state index >= 15 is 0 Å². The molecule has 100 heavy (non-hydrogen) atoms. The molecule has 556 valence electrons. The van der Waals surface area contributed by atoms with E-state index in [1.54, 1.807) is 77.0 Å². The quantitative estimate of drug-likeness (QED) is 0.0689. The van der Waals surface area contributed by atoms with Crippen LogP contribution in [0.25, 0.3) is 38.6 Å². The van der Waals surface area contributed by atoms with E-state index in [0.717, 1.165) is 61.6 Å². The van der Waals surface area contributed by atoms with Crippen LogP contribution in [0.15, 0.2) is 140 Å². The molecule has 0 atom stereocenters. The molecule has 0 N–H and O–H groups in total. The minimum atomic E-state index is 0.628. The van der Waals surface area contributed by atoms with Crippen LogP contribution in [-0.2, 0) is 0 Å². The predicted molar refractivity (Wildman–Crippen MR) is 455 cm³/mol. The summed E-state index contributed by atoms with van der Waals surface area (Å²) in [6, 6.07) is 41.7. The number of rotatable bonds is 12. The third-order valence-corrected chi connectivity index (χ3v) is 22.9. The molecule has 6 saturated carbocycles. The Bertz CT molecular complexity index is 2840. The van der Waals surface area contributed by atoms with E-state index in [0.29, 0.717) is 6.71 Å². The molecule has 8 aliphatic rings. The number of benzene rings is 5. The van der Waals surface area contributed by atoms with Crippen molar-refractivity contribution in [2.45, 2.75) is 327 Å². The SMILES string of the molecule is C/C=C\CC.C1CCC(C2CCCCC2)CC1.C1CCC(C2CCCCC2)CC1.C1CCC(C2CCCCC2)CC1.CC.CCC.CCC.CCCCCC.CCN(CC)c1ccc(-c2cccc(-n3c4ccccc4c4ccccc43)c2)cc1.CN1C=CB2CCN(C)c3cccc1c32. The number of allylic oxidation sites excluding steroid dienone is 2. The summed E-state index contributed by atoms with van der Waals surface area (Å²) in [5, 5.41) is 2.59. The minimum absolute atomic E-state index is 0.628. The lowest BCUT2D eigenvalue weighted by Gasteiger charge is -2.36. The van der Waals surface area contributed by atoms with Crippen LogP contribution in [0.1, 0.15) is 321 Å². The zero-order chi connectivity index (χ0) is 72.0. The van der Waals surface area contributed by atoms with E-state index in [-0.39, 0.29) is 0 Å². The smallest absolute Gasteiger partial charge is 0.209 e. The second-order valence-electron chi connectivity index (χ2n) is 30.6. The maximum Gasteiger partial charge on any atom is 0.209 e. The number of hydrogen-bond acceptors (Lipinski definition) is 3. The molecule has 5 aromatic carbocycles. The predicted octanol–water partition coefficient (Wildman–Crippen LogP) is 29.5. The van der Waals surface area contributed by atoms with Crippen molar-refractivity contribution in [3.05, 3.63) is 140 Å². The van der Waals surface area contributed by atoms with Gasteiger partial charge in [-0.1, -0.05) is 378 Å². The lowest BCUT2D eigenvalue weighted by molar-refractivity contribution is 0.196. The molecule has 2 aliphatic heterocycles. The highest BCUT2D eigenvalue weighted by Gasteiger charge is 2.31. The summed E-state index contributed by atoms with van der Waals surface area (Å²) in [5.74, 6) is 9.16. The molecule has 0 amide bonds. The van der Waals surface area contributed by atoms with Gasteiger partial charge in [-0.2, -0.15) is 0 Å². The number of anilines is 3. The topological polar surface area (TPSA) is 14.7 Å². The van der Waals surface area contributed by atoms with Gasteiger partial charge in [0.25, 0.3) is 0 Å². The fourth-order valence-electron chi connectivity index (χ4n) is 17.5. The van der Waals surface area contributed by atoms with Crippen molar-refractivity contribution in [3.63, 3.8) is 0 Å². The fourth-order valence-corrected chi connectivity index (χ4v) is 17.5. The van der Waals surface area contributed by atoms with Crippen molar-refractivity contribution in [1.82, 2.24) is 4.57 Å². The zero-order valence-electron chi connectivity index (χ0n) is 67.6. The van der Waals surface area contributed by atoms with Crippen molar-refractivity contribution in [2.75, 3.05) is 48.4 Å². The largest absolute Gasteiger partial charge is 0.376 e. The van der Waals surface area contributed by atoms with Gasteiger partial charge in [0, 0.05) is 67.3 Å². The van der Waals surface area contributed by atoms with Crippen LogP contribution in [0, 0.1) is 35.5 Å². The van der Waals surface area contributed by atoms with Gasteiger partial charge in [0.15, 0.2) is 0 Å². The lowest BCUT2D eigenvalue weighted by atomic mass is 9.40. The monoisotopic (exact) mass is 1360 g/mol. The Morgan fingerprint density at radius 3 is 1.17 bits per heavy atom. The number of nitrogens with zero attached hydrogens (tertiary/aromatic N) is 4. The number of hydrogen-bond donors (Lipinski definition) is 0. The molecule has 14 rings (SSSR count). The highest BCUT2D eigenvalue weighted by atomic mass is 15.1. The van der Waals surface area contributed by atoms with Crippen molar-refractivity contribution < 1.29 is 0 Å². The van der Waals surface area contributed by atoms with E-state index < -0.39 is 0 Å². The number of unbranched alkanes of at least 4 members (excludes halogenated alkanes) is 3. The standard InChI is InChI=1S/C28H26N2.C12H15BN2.3C12H22.C6H14.C5H10.2C3H8.C2H6/c1-3-29(4-2)23-18-16-21(17-19-23)22-10-9-11-24(20-22)30-27-14-7-5-12-25(27)26-13-6-8-15-28(26)30;1-14-8-6-13-7-9-15(2)11-5-3-4-10(14)12(11)13;3*1-3-7-11(8-4-1)12-9-5-2-6-10-12;1-3-5-6-4-2;1-3-5-4-2;2*1-3-2;1-2/h5-20H,3-4H2,1-2H3;3-6,8H,7,9H2,1-2H3;3*11-12H,1-10H2;3-6H2,1-2H3;3,5H,4H2,1-2H3;2*3H2,1-2H3;1-2H3/b;;;;;;5-3-;;;. The Morgan fingerprint density at radius 1 is 0.430 bits per heavy atom. The number of aromatic nitrogens is 1. The first kappa shape index (κ1) is 85.5. The normalized spacial score (nSPS) is 18.0. The van der Waals surface area contributed by atoms with Gasteiger partial charge in [0.2, 0.25) is 6.71 Å². The van der Waals surface area contributed by atoms with Gasteiger partial charge in [-0.05, 0) is 140 Å². The van der Waals surface area contributed by atoms with E-state index in [1.807, 2.05) is 20.8 Å². The summed E-state index contributed by atoms with van der Waals surface area (Å²) in [7, 11) is 4.31. The van der Waals surface area contributed by atoms with Gasteiger partial charge < -0.3 is 19.3 Å². The molecule has 5 heteroatoms. The van der Waals surface area contributed by atoms with Gasteiger partial charge in [-0.3, -0.25) is 0 Å². The Balaban J connectivity index is 0.000000221. The van der Waals surface area contributed by atoms with Crippen LogP contribution in [0.2, 0.25) is 6.32 Å². The fraction of sp³-hybridized carbons (Fsp3) is 0.642. The minimum Gasteiger partial charge on any atom is -0.376 e. The molecule has 6 aliphatic carbocycles. The third kappa shape index (κ3) is 28.5. The van der Waals surface area contributed by atoms with Crippen molar-refractivity contribution in [1.29, 1.82) is 0 Å². The highest BCUT2D eigenvalue weighted by molar-refractivity contribution is 6.81. The van der Waals surface area contributed by atoms with E-state index in [2.05, 4.69) is 235 Å². The van der Waals surface area contributed by atoms with Crippen LogP contribution in [0.3, 0.4) is 0 Å². The molecule has 0 radical (unpaired) electrons. The molecule has 6 fully saturated rings. The maximum absolute atomic E-state index is 2.37. The average Bonchev–Trinajstić information content (AvgIpc) is 1.34. The third-order valence-electron chi connectivity index (χ3n) is 22.9. The van der Waals surface area contributed by atoms with E-state index in [4.69, 9.17) is 0 Å². The van der Waals surface area contributed by atoms with Gasteiger partial charge in [-0.25, -0.2) is 0 Å². The molecule has 0 bridgehead atoms. The molecule has 0 spiro atoms. The molecular formula is C95H153BN4. The van der Waals surface area contributed by atoms with Crippen LogP contribution < -0.4 is 20.2 Å². The van der Waals surface area contributed by atoms with Crippen LogP contribution in [0.4, 0.5) is 17.1 Å². The van der Waals surface area contributed by atoms with Gasteiger partial charge in [-0.15, -0.1) is 0 Å². The number of fused-ring (bicyclic) bond motifs is 3. The molecular weight excluding hydrogens is 1210 g/mol. The van der Waals surface area contributed by atoms with Crippen molar-refractivity contribution >= 4 is 51.0 Å². The molecule has 1 aromatic heterocycles. The summed E-state index contributed by atoms with van der Waals surface area (Å²) < 4.78 is 2.37. The Morgan fingerprint density at radius 2 is 0.810 bits per heavy atom. The molecule has 0 unspecified atom stereocenters. The Hall–Kier alpha value is -5.16. The van der Waals surface area contributed by atoms with Crippen LogP contribution >= 0.6 is 0 Å². The second-order valence-corrected chi connectivity index (χ2v) is 30.6. The second kappa shape index (κ2) is 51.9. The van der Waals surface area contributed by atoms with E-state index in [1.165, 1.54) is 222 Å². The zero-order valence-corrected chi connectivity index (χ0v) is 67.6. The van der Waals surface area contributed by atoms with Crippen LogP contribution in [-0.4, -0.2) is 45.0 Å². The number of para-hydroxylation sites is 2. The molecule has 6 aromatic rings. The Kier molecular flexibility index (Phi) is 44.4. The molecule has 3 heterocycles. The van der Waals surface area contributed by atoms with Gasteiger partial charge in [0.05, 0.1) is 11.0 Å². The summed E-state index contributed by atoms with van der Waals surface area (Å²) >= 11 is 0. The summed E-state index contributed by atoms with van der Waals surface area (Å²) in [5.41, 5.74) is 11.7. The summed E-state index contributed by atoms with van der Waals surface area (Å²) in [6.07, 6.45) is 63.0. The Labute approximate surface area is 619 Å².